The molecule has 0 aromatic heterocycles. The maximum absolute atomic E-state index is 13.5. The molecular formula is C16H19FN2O3. The predicted octanol–water partition coefficient (Wildman–Crippen LogP) is 3.53. The van der Waals surface area contributed by atoms with Gasteiger partial charge in [0.25, 0.3) is 11.6 Å². The fourth-order valence-corrected chi connectivity index (χ4v) is 3.87. The fraction of sp³-hybridized carbons (Fsp3) is 0.562. The lowest BCUT2D eigenvalue weighted by molar-refractivity contribution is -0.385. The number of carbonyl (C=O) groups excluding carboxylic acids is 1. The molecule has 1 heterocycles. The number of nitro benzene ring substituents is 1. The van der Waals surface area contributed by atoms with Gasteiger partial charge in [-0.25, -0.2) is 4.39 Å². The molecule has 1 saturated heterocycles. The van der Waals surface area contributed by atoms with Gasteiger partial charge in [-0.1, -0.05) is 12.8 Å². The molecule has 1 unspecified atom stereocenters. The van der Waals surface area contributed by atoms with Crippen molar-refractivity contribution >= 4 is 11.6 Å². The second-order valence-electron chi connectivity index (χ2n) is 6.17. The molecule has 1 amide bonds. The van der Waals surface area contributed by atoms with E-state index in [2.05, 4.69) is 0 Å². The summed E-state index contributed by atoms with van der Waals surface area (Å²) in [6.45, 7) is 0.605. The number of likely N-dealkylation sites (tertiary alicyclic amines) is 1. The standard InChI is InChI=1S/C16H19FN2O3/c17-12-7-8-15(19(21)22)13(10-12)16(20)18-9-3-6-14(18)11-4-1-2-5-11/h7-8,10-11,14H,1-6,9H2. The van der Waals surface area contributed by atoms with E-state index in [1.165, 1.54) is 12.8 Å². The number of rotatable bonds is 3. The van der Waals surface area contributed by atoms with Crippen LogP contribution in [0.25, 0.3) is 0 Å². The van der Waals surface area contributed by atoms with E-state index in [0.717, 1.165) is 43.9 Å². The minimum absolute atomic E-state index is 0.130. The lowest BCUT2D eigenvalue weighted by Gasteiger charge is -2.29. The number of hydrogen-bond donors (Lipinski definition) is 0. The monoisotopic (exact) mass is 306 g/mol. The lowest BCUT2D eigenvalue weighted by Crippen LogP contribution is -2.39. The summed E-state index contributed by atoms with van der Waals surface area (Å²) >= 11 is 0. The third kappa shape index (κ3) is 2.69. The van der Waals surface area contributed by atoms with Crippen LogP contribution in [0.2, 0.25) is 0 Å². The van der Waals surface area contributed by atoms with Crippen LogP contribution in [0.4, 0.5) is 10.1 Å². The van der Waals surface area contributed by atoms with Gasteiger partial charge in [0.05, 0.1) is 4.92 Å². The van der Waals surface area contributed by atoms with Gasteiger partial charge in [0, 0.05) is 18.7 Å². The Balaban J connectivity index is 1.89. The van der Waals surface area contributed by atoms with Gasteiger partial charge in [0.15, 0.2) is 0 Å². The first-order valence-electron chi connectivity index (χ1n) is 7.83. The minimum atomic E-state index is -0.620. The Morgan fingerprint density at radius 2 is 1.95 bits per heavy atom. The molecule has 1 aromatic carbocycles. The zero-order chi connectivity index (χ0) is 15.7. The van der Waals surface area contributed by atoms with Gasteiger partial charge < -0.3 is 4.90 Å². The maximum Gasteiger partial charge on any atom is 0.282 e. The second-order valence-corrected chi connectivity index (χ2v) is 6.17. The highest BCUT2D eigenvalue weighted by atomic mass is 19.1. The fourth-order valence-electron chi connectivity index (χ4n) is 3.87. The van der Waals surface area contributed by atoms with Crippen LogP contribution in [0.15, 0.2) is 18.2 Å². The van der Waals surface area contributed by atoms with Gasteiger partial charge in [-0.15, -0.1) is 0 Å². The average Bonchev–Trinajstić information content (AvgIpc) is 3.16. The Morgan fingerprint density at radius 3 is 2.64 bits per heavy atom. The molecule has 0 spiro atoms. The van der Waals surface area contributed by atoms with Crippen molar-refractivity contribution < 1.29 is 14.1 Å². The molecule has 6 heteroatoms. The van der Waals surface area contributed by atoms with Gasteiger partial charge in [-0.3, -0.25) is 14.9 Å². The highest BCUT2D eigenvalue weighted by molar-refractivity contribution is 5.98. The molecule has 1 aromatic rings. The number of halogens is 1. The highest BCUT2D eigenvalue weighted by Crippen LogP contribution is 2.36. The zero-order valence-corrected chi connectivity index (χ0v) is 12.3. The molecule has 1 aliphatic carbocycles. The molecule has 118 valence electrons. The molecule has 1 atom stereocenters. The molecule has 0 bridgehead atoms. The Bertz CT molecular complexity index is 599. The van der Waals surface area contributed by atoms with Gasteiger partial charge in [-0.05, 0) is 43.7 Å². The SMILES string of the molecule is O=C(c1cc(F)ccc1[N+](=O)[O-])N1CCCC1C1CCCC1. The third-order valence-corrected chi connectivity index (χ3v) is 4.89. The Morgan fingerprint density at radius 1 is 1.23 bits per heavy atom. The summed E-state index contributed by atoms with van der Waals surface area (Å²) in [7, 11) is 0. The largest absolute Gasteiger partial charge is 0.335 e. The Kier molecular flexibility index (Phi) is 4.09. The average molecular weight is 306 g/mol. The molecule has 3 rings (SSSR count). The van der Waals surface area contributed by atoms with Crippen LogP contribution in [0.3, 0.4) is 0 Å². The predicted molar refractivity (Wildman–Crippen MR) is 79.1 cm³/mol. The van der Waals surface area contributed by atoms with Crippen molar-refractivity contribution in [1.29, 1.82) is 0 Å². The van der Waals surface area contributed by atoms with Crippen LogP contribution < -0.4 is 0 Å². The van der Waals surface area contributed by atoms with Gasteiger partial charge >= 0.3 is 0 Å². The van der Waals surface area contributed by atoms with Crippen LogP contribution >= 0.6 is 0 Å². The van der Waals surface area contributed by atoms with Crippen LogP contribution in [0, 0.1) is 21.8 Å². The Labute approximate surface area is 128 Å². The molecule has 2 fully saturated rings. The second kappa shape index (κ2) is 6.02. The summed E-state index contributed by atoms with van der Waals surface area (Å²) in [5, 5.41) is 11.1. The van der Waals surface area contributed by atoms with Crippen LogP contribution in [-0.2, 0) is 0 Å². The molecule has 0 radical (unpaired) electrons. The first-order chi connectivity index (χ1) is 10.6. The summed E-state index contributed by atoms with van der Waals surface area (Å²) in [5.41, 5.74) is -0.446. The number of benzene rings is 1. The van der Waals surface area contributed by atoms with Gasteiger partial charge in [-0.2, -0.15) is 0 Å². The summed E-state index contributed by atoms with van der Waals surface area (Å²) in [5.74, 6) is -0.537. The number of carbonyl (C=O) groups is 1. The molecule has 22 heavy (non-hydrogen) atoms. The van der Waals surface area contributed by atoms with Crippen molar-refractivity contribution in [2.75, 3.05) is 6.54 Å². The molecule has 0 N–H and O–H groups in total. The van der Waals surface area contributed by atoms with Crippen molar-refractivity contribution in [3.8, 4) is 0 Å². The van der Waals surface area contributed by atoms with Crippen molar-refractivity contribution in [2.45, 2.75) is 44.6 Å². The van der Waals surface area contributed by atoms with E-state index in [0.29, 0.717) is 12.5 Å². The number of nitro groups is 1. The van der Waals surface area contributed by atoms with Crippen LogP contribution in [0.5, 0.6) is 0 Å². The van der Waals surface area contributed by atoms with Crippen molar-refractivity contribution in [3.63, 3.8) is 0 Å². The summed E-state index contributed by atoms with van der Waals surface area (Å²) < 4.78 is 13.5. The maximum atomic E-state index is 13.5. The number of amides is 1. The molecule has 1 aliphatic heterocycles. The highest BCUT2D eigenvalue weighted by Gasteiger charge is 2.38. The number of hydrogen-bond acceptors (Lipinski definition) is 3. The van der Waals surface area contributed by atoms with Crippen molar-refractivity contribution in [3.05, 3.63) is 39.7 Å². The van der Waals surface area contributed by atoms with Crippen LogP contribution in [-0.4, -0.2) is 28.3 Å². The molecule has 5 nitrogen and oxygen atoms in total. The Hall–Kier alpha value is -1.98. The first kappa shape index (κ1) is 14.9. The van der Waals surface area contributed by atoms with Crippen LogP contribution in [0.1, 0.15) is 48.9 Å². The van der Waals surface area contributed by atoms with E-state index in [4.69, 9.17) is 0 Å². The van der Waals surface area contributed by atoms with Gasteiger partial charge in [0.2, 0.25) is 0 Å². The molecule has 2 aliphatic rings. The molecular weight excluding hydrogens is 287 g/mol. The summed E-state index contributed by atoms with van der Waals surface area (Å²) in [4.78, 5) is 25.0. The van der Waals surface area contributed by atoms with E-state index in [-0.39, 0.29) is 17.3 Å². The normalized spacial score (nSPS) is 22.2. The topological polar surface area (TPSA) is 63.4 Å². The zero-order valence-electron chi connectivity index (χ0n) is 12.3. The van der Waals surface area contributed by atoms with E-state index >= 15 is 0 Å². The van der Waals surface area contributed by atoms with Gasteiger partial charge in [0.1, 0.15) is 11.4 Å². The van der Waals surface area contributed by atoms with Crippen molar-refractivity contribution in [2.24, 2.45) is 5.92 Å². The quantitative estimate of drug-likeness (QED) is 0.634. The van der Waals surface area contributed by atoms with E-state index < -0.39 is 16.6 Å². The van der Waals surface area contributed by atoms with E-state index in [1.807, 2.05) is 0 Å². The minimum Gasteiger partial charge on any atom is -0.335 e. The number of nitrogens with zero attached hydrogens (tertiary/aromatic N) is 2. The summed E-state index contributed by atoms with van der Waals surface area (Å²) in [6.07, 6.45) is 6.45. The smallest absolute Gasteiger partial charge is 0.282 e. The lowest BCUT2D eigenvalue weighted by atomic mass is 9.95. The van der Waals surface area contributed by atoms with E-state index in [1.54, 1.807) is 4.90 Å². The molecule has 1 saturated carbocycles. The van der Waals surface area contributed by atoms with Crippen molar-refractivity contribution in [1.82, 2.24) is 4.90 Å². The first-order valence-corrected chi connectivity index (χ1v) is 7.83. The summed E-state index contributed by atoms with van der Waals surface area (Å²) in [6, 6.07) is 3.24. The third-order valence-electron chi connectivity index (χ3n) is 4.89. The van der Waals surface area contributed by atoms with E-state index in [9.17, 15) is 19.3 Å².